The fourth-order valence-corrected chi connectivity index (χ4v) is 4.77. The Labute approximate surface area is 195 Å². The molecule has 194 valence electrons. The topological polar surface area (TPSA) is 208 Å². The second kappa shape index (κ2) is 10.4. The molecule has 1 aliphatic carbocycles. The van der Waals surface area contributed by atoms with Crippen LogP contribution in [0, 0.1) is 11.8 Å². The molecular formula is C21H32O13. The molecule has 2 saturated heterocycles. The molecule has 4 rings (SSSR count). The maximum Gasteiger partial charge on any atom is 0.209 e. The number of hydrogen-bond acceptors (Lipinski definition) is 13. The summed E-state index contributed by atoms with van der Waals surface area (Å²) in [5.41, 5.74) is 0.466. The zero-order chi connectivity index (χ0) is 24.7. The van der Waals surface area contributed by atoms with E-state index in [9.17, 15) is 40.9 Å². The molecule has 2 fully saturated rings. The second-order valence-corrected chi connectivity index (χ2v) is 8.95. The van der Waals surface area contributed by atoms with Crippen LogP contribution in [0.15, 0.2) is 24.0 Å². The zero-order valence-corrected chi connectivity index (χ0v) is 18.3. The van der Waals surface area contributed by atoms with E-state index < -0.39 is 98.9 Å². The number of rotatable bonds is 6. The van der Waals surface area contributed by atoms with Gasteiger partial charge < -0.3 is 64.5 Å². The Bertz CT molecular complexity index is 759. The highest BCUT2D eigenvalue weighted by atomic mass is 16.8. The van der Waals surface area contributed by atoms with Crippen molar-refractivity contribution in [1.29, 1.82) is 0 Å². The molecule has 8 N–H and O–H groups in total. The van der Waals surface area contributed by atoms with E-state index in [0.717, 1.165) is 0 Å². The largest absolute Gasteiger partial charge is 0.472 e. The molecule has 13 nitrogen and oxygen atoms in total. The third-order valence-electron chi connectivity index (χ3n) is 6.81. The highest BCUT2D eigenvalue weighted by Gasteiger charge is 2.51. The quantitative estimate of drug-likeness (QED) is 0.167. The summed E-state index contributed by atoms with van der Waals surface area (Å²) in [5.74, 6) is -1.10. The molecule has 0 unspecified atom stereocenters. The minimum atomic E-state index is -1.64. The van der Waals surface area contributed by atoms with Gasteiger partial charge in [-0.2, -0.15) is 0 Å². The summed E-state index contributed by atoms with van der Waals surface area (Å²) in [6.45, 7) is 0.516. The number of hydrogen-bond donors (Lipinski definition) is 8. The Morgan fingerprint density at radius 2 is 1.44 bits per heavy atom. The van der Waals surface area contributed by atoms with Gasteiger partial charge in [0.05, 0.1) is 37.6 Å². The highest BCUT2D eigenvalue weighted by molar-refractivity contribution is 5.26. The van der Waals surface area contributed by atoms with Crippen molar-refractivity contribution in [1.82, 2.24) is 0 Å². The van der Waals surface area contributed by atoms with Crippen molar-refractivity contribution >= 4 is 0 Å². The summed E-state index contributed by atoms with van der Waals surface area (Å²) in [6.07, 6.45) is -11.0. The molecule has 34 heavy (non-hydrogen) atoms. The van der Waals surface area contributed by atoms with Crippen LogP contribution >= 0.6 is 0 Å². The normalized spacial score (nSPS) is 51.0. The molecule has 0 aromatic carbocycles. The van der Waals surface area contributed by atoms with Gasteiger partial charge in [-0.25, -0.2) is 0 Å². The lowest BCUT2D eigenvalue weighted by Gasteiger charge is -2.43. The Kier molecular flexibility index (Phi) is 7.93. The van der Waals surface area contributed by atoms with Gasteiger partial charge in [0.15, 0.2) is 12.6 Å². The van der Waals surface area contributed by atoms with Crippen molar-refractivity contribution in [2.24, 2.45) is 11.8 Å². The van der Waals surface area contributed by atoms with Crippen LogP contribution in [0.1, 0.15) is 6.92 Å². The zero-order valence-electron chi connectivity index (χ0n) is 18.3. The number of aliphatic hydroxyl groups is 8. The maximum atomic E-state index is 10.3. The Balaban J connectivity index is 1.48. The first kappa shape index (κ1) is 25.9. The summed E-state index contributed by atoms with van der Waals surface area (Å²) in [6, 6.07) is 0. The van der Waals surface area contributed by atoms with Gasteiger partial charge in [-0.05, 0) is 18.6 Å². The fourth-order valence-electron chi connectivity index (χ4n) is 4.77. The van der Waals surface area contributed by atoms with E-state index in [0.29, 0.717) is 5.57 Å². The predicted octanol–water partition coefficient (Wildman–Crippen LogP) is -3.95. The lowest BCUT2D eigenvalue weighted by Crippen LogP contribution is -2.60. The maximum absolute atomic E-state index is 10.3. The van der Waals surface area contributed by atoms with Gasteiger partial charge in [0.25, 0.3) is 0 Å². The van der Waals surface area contributed by atoms with Crippen molar-refractivity contribution in [3.8, 4) is 0 Å². The van der Waals surface area contributed by atoms with Crippen LogP contribution in [-0.4, -0.2) is 128 Å². The molecule has 3 aliphatic heterocycles. The number of fused-ring (bicyclic) bond motifs is 1. The van der Waals surface area contributed by atoms with Crippen LogP contribution in [0.3, 0.4) is 0 Å². The van der Waals surface area contributed by atoms with Gasteiger partial charge in [-0.15, -0.1) is 0 Å². The van der Waals surface area contributed by atoms with Crippen molar-refractivity contribution < 1.29 is 64.5 Å². The molecule has 3 heterocycles. The van der Waals surface area contributed by atoms with Crippen LogP contribution in [0.4, 0.5) is 0 Å². The van der Waals surface area contributed by atoms with Gasteiger partial charge in [-0.1, -0.05) is 6.08 Å². The van der Waals surface area contributed by atoms with Crippen molar-refractivity contribution in [3.63, 3.8) is 0 Å². The summed E-state index contributed by atoms with van der Waals surface area (Å²) in [5, 5.41) is 79.8. The summed E-state index contributed by atoms with van der Waals surface area (Å²) in [7, 11) is 0. The third-order valence-corrected chi connectivity index (χ3v) is 6.81. The van der Waals surface area contributed by atoms with E-state index in [1.807, 2.05) is 0 Å². The summed E-state index contributed by atoms with van der Waals surface area (Å²) in [4.78, 5) is 0. The van der Waals surface area contributed by atoms with Gasteiger partial charge in [0.2, 0.25) is 6.29 Å². The summed E-state index contributed by atoms with van der Waals surface area (Å²) >= 11 is 0. The SMILES string of the molecule is C[C@@H]1O[C@@H](O[C@H]2C=C(CO)[C@H]3[C@H](O[C@@H]4O[C@H](CO)[C@H](O)[C@H](O)[C@H]4O)OC=C[C@@H]32)[C@H](O)[C@H](O)[C@H]1O. The van der Waals surface area contributed by atoms with E-state index in [2.05, 4.69) is 0 Å². The van der Waals surface area contributed by atoms with E-state index in [-0.39, 0.29) is 0 Å². The third kappa shape index (κ3) is 4.64. The van der Waals surface area contributed by atoms with Crippen LogP contribution in [0.2, 0.25) is 0 Å². The monoisotopic (exact) mass is 492 g/mol. The van der Waals surface area contributed by atoms with Crippen molar-refractivity contribution in [2.75, 3.05) is 13.2 Å². The molecule has 0 aromatic heterocycles. The average molecular weight is 492 g/mol. The van der Waals surface area contributed by atoms with Crippen LogP contribution in [0.25, 0.3) is 0 Å². The summed E-state index contributed by atoms with van der Waals surface area (Å²) < 4.78 is 28.1. The molecule has 14 atom stereocenters. The van der Waals surface area contributed by atoms with Gasteiger partial charge in [0.1, 0.15) is 42.7 Å². The Morgan fingerprint density at radius 3 is 2.09 bits per heavy atom. The van der Waals surface area contributed by atoms with Crippen molar-refractivity contribution in [2.45, 2.75) is 80.7 Å². The first-order chi connectivity index (χ1) is 16.2. The van der Waals surface area contributed by atoms with E-state index in [4.69, 9.17) is 23.7 Å². The number of aliphatic hydroxyl groups excluding tert-OH is 8. The van der Waals surface area contributed by atoms with E-state index >= 15 is 0 Å². The lowest BCUT2D eigenvalue weighted by molar-refractivity contribution is -0.341. The average Bonchev–Trinajstić information content (AvgIpc) is 3.19. The fraction of sp³-hybridized carbons (Fsp3) is 0.810. The first-order valence-corrected chi connectivity index (χ1v) is 11.1. The van der Waals surface area contributed by atoms with Crippen LogP contribution < -0.4 is 0 Å². The van der Waals surface area contributed by atoms with Crippen molar-refractivity contribution in [3.05, 3.63) is 24.0 Å². The van der Waals surface area contributed by atoms with Crippen LogP contribution in [0.5, 0.6) is 0 Å². The van der Waals surface area contributed by atoms with Gasteiger partial charge in [-0.3, -0.25) is 0 Å². The minimum absolute atomic E-state index is 0.390. The minimum Gasteiger partial charge on any atom is -0.472 e. The molecule has 0 saturated carbocycles. The smallest absolute Gasteiger partial charge is 0.209 e. The molecule has 13 heteroatoms. The van der Waals surface area contributed by atoms with Gasteiger partial charge in [0, 0.05) is 5.92 Å². The Hall–Kier alpha value is -1.20. The highest BCUT2D eigenvalue weighted by Crippen LogP contribution is 2.43. The van der Waals surface area contributed by atoms with Crippen LogP contribution in [-0.2, 0) is 23.7 Å². The van der Waals surface area contributed by atoms with E-state index in [1.165, 1.54) is 13.2 Å². The van der Waals surface area contributed by atoms with Gasteiger partial charge >= 0.3 is 0 Å². The molecule has 0 spiro atoms. The second-order valence-electron chi connectivity index (χ2n) is 8.95. The lowest BCUT2D eigenvalue weighted by atomic mass is 9.88. The molecule has 0 amide bonds. The molecule has 4 aliphatic rings. The van der Waals surface area contributed by atoms with E-state index in [1.54, 1.807) is 12.2 Å². The first-order valence-electron chi connectivity index (χ1n) is 11.1. The standard InChI is InChI=1S/C21H32O13/c1-7-13(24)15(26)17(28)20(31-7)32-10-4-8(5-22)12-9(10)2-3-30-19(12)34-21-18(29)16(27)14(25)11(6-23)33-21/h2-4,7,9-29H,5-6H2,1H3/t7-,9+,10-,11+,12+,13-,14-,15+,16-,17+,18+,19-,20-,21-/m0/s1. The molecule has 0 bridgehead atoms. The molecule has 0 radical (unpaired) electrons. The Morgan fingerprint density at radius 1 is 0.794 bits per heavy atom. The molecule has 0 aromatic rings. The number of ether oxygens (including phenoxy) is 5. The molecular weight excluding hydrogens is 460 g/mol. The predicted molar refractivity (Wildman–Crippen MR) is 108 cm³/mol.